The number of nitrogens with zero attached hydrogens (tertiary/aromatic N) is 3. The molecule has 8 heteroatoms. The average molecular weight is 381 g/mol. The predicted molar refractivity (Wildman–Crippen MR) is 104 cm³/mol. The minimum Gasteiger partial charge on any atom is -0.496 e. The topological polar surface area (TPSA) is 94.1 Å². The fourth-order valence-corrected chi connectivity index (χ4v) is 3.35. The molecular formula is C20H23N5O3. The van der Waals surface area contributed by atoms with Crippen molar-refractivity contribution in [3.8, 4) is 17.0 Å². The lowest BCUT2D eigenvalue weighted by Gasteiger charge is -2.21. The number of methoxy groups -OCH3 is 1. The number of benzene rings is 1. The van der Waals surface area contributed by atoms with Crippen LogP contribution < -0.4 is 10.1 Å². The lowest BCUT2D eigenvalue weighted by atomic mass is 10.0. The van der Waals surface area contributed by atoms with Crippen LogP contribution in [0.3, 0.4) is 0 Å². The number of aromatic nitrogens is 4. The third-order valence-electron chi connectivity index (χ3n) is 4.88. The summed E-state index contributed by atoms with van der Waals surface area (Å²) in [6.45, 7) is 2.45. The largest absolute Gasteiger partial charge is 0.496 e. The Morgan fingerprint density at radius 2 is 2.18 bits per heavy atom. The summed E-state index contributed by atoms with van der Waals surface area (Å²) in [4.78, 5) is 12.5. The molecule has 8 nitrogen and oxygen atoms in total. The highest BCUT2D eigenvalue weighted by atomic mass is 16.5. The van der Waals surface area contributed by atoms with E-state index in [0.29, 0.717) is 28.7 Å². The third kappa shape index (κ3) is 4.07. The first-order valence-electron chi connectivity index (χ1n) is 9.33. The van der Waals surface area contributed by atoms with E-state index in [4.69, 9.17) is 9.47 Å². The Balaban J connectivity index is 1.41. The monoisotopic (exact) mass is 381 g/mol. The molecule has 1 aliphatic rings. The second kappa shape index (κ2) is 8.26. The van der Waals surface area contributed by atoms with Crippen LogP contribution in [0.25, 0.3) is 11.3 Å². The van der Waals surface area contributed by atoms with Crippen LogP contribution in [0.4, 0.5) is 5.69 Å². The molecule has 1 aromatic carbocycles. The lowest BCUT2D eigenvalue weighted by Crippen LogP contribution is -2.20. The number of rotatable bonds is 6. The lowest BCUT2D eigenvalue weighted by molar-refractivity contribution is 0.0601. The van der Waals surface area contributed by atoms with Gasteiger partial charge in [0.05, 0.1) is 24.7 Å². The number of para-hydroxylation sites is 1. The van der Waals surface area contributed by atoms with E-state index >= 15 is 0 Å². The average Bonchev–Trinajstić information content (AvgIpc) is 3.38. The molecule has 3 aromatic rings. The molecule has 0 radical (unpaired) electrons. The Kier molecular flexibility index (Phi) is 5.38. The number of aromatic amines is 1. The summed E-state index contributed by atoms with van der Waals surface area (Å²) in [5.74, 6) is 1.00. The van der Waals surface area contributed by atoms with Crippen molar-refractivity contribution in [2.75, 3.05) is 25.6 Å². The third-order valence-corrected chi connectivity index (χ3v) is 4.88. The molecule has 1 aliphatic heterocycles. The molecule has 28 heavy (non-hydrogen) atoms. The molecular weight excluding hydrogens is 358 g/mol. The van der Waals surface area contributed by atoms with E-state index in [-0.39, 0.29) is 5.91 Å². The van der Waals surface area contributed by atoms with Gasteiger partial charge in [-0.25, -0.2) is 0 Å². The zero-order valence-electron chi connectivity index (χ0n) is 15.7. The highest BCUT2D eigenvalue weighted by Gasteiger charge is 2.17. The van der Waals surface area contributed by atoms with Gasteiger partial charge in [0.1, 0.15) is 11.4 Å². The Bertz CT molecular complexity index is 943. The van der Waals surface area contributed by atoms with E-state index in [2.05, 4.69) is 20.6 Å². The first-order chi connectivity index (χ1) is 13.7. The normalized spacial score (nSPS) is 14.8. The minimum atomic E-state index is -0.265. The van der Waals surface area contributed by atoms with E-state index in [1.165, 1.54) is 0 Å². The Morgan fingerprint density at radius 3 is 3.00 bits per heavy atom. The fourth-order valence-electron chi connectivity index (χ4n) is 3.35. The molecule has 2 N–H and O–H groups in total. The van der Waals surface area contributed by atoms with Crippen LogP contribution in [0.1, 0.15) is 23.3 Å². The van der Waals surface area contributed by atoms with Gasteiger partial charge in [0.2, 0.25) is 0 Å². The zero-order valence-corrected chi connectivity index (χ0v) is 15.7. The van der Waals surface area contributed by atoms with E-state index in [1.54, 1.807) is 19.4 Å². The number of anilines is 1. The summed E-state index contributed by atoms with van der Waals surface area (Å²) in [5, 5.41) is 14.2. The first kappa shape index (κ1) is 18.2. The van der Waals surface area contributed by atoms with Crippen molar-refractivity contribution in [1.82, 2.24) is 20.0 Å². The maximum atomic E-state index is 12.5. The van der Waals surface area contributed by atoms with Gasteiger partial charge in [0.25, 0.3) is 5.91 Å². The molecule has 0 saturated carbocycles. The van der Waals surface area contributed by atoms with Crippen LogP contribution >= 0.6 is 0 Å². The Labute approximate surface area is 162 Å². The smallest absolute Gasteiger partial charge is 0.273 e. The fraction of sp³-hybridized carbons (Fsp3) is 0.350. The number of amides is 1. The molecule has 0 atom stereocenters. The summed E-state index contributed by atoms with van der Waals surface area (Å²) in [6, 6.07) is 9.26. The van der Waals surface area contributed by atoms with E-state index < -0.39 is 0 Å². The van der Waals surface area contributed by atoms with Crippen molar-refractivity contribution >= 4 is 11.6 Å². The van der Waals surface area contributed by atoms with Crippen molar-refractivity contribution in [2.45, 2.75) is 19.4 Å². The van der Waals surface area contributed by atoms with Crippen LogP contribution in [0.5, 0.6) is 5.75 Å². The van der Waals surface area contributed by atoms with E-state index in [0.717, 1.165) is 38.2 Å². The summed E-state index contributed by atoms with van der Waals surface area (Å²) < 4.78 is 12.6. The number of hydrogen-bond donors (Lipinski definition) is 2. The highest BCUT2D eigenvalue weighted by Crippen LogP contribution is 2.28. The van der Waals surface area contributed by atoms with Crippen molar-refractivity contribution < 1.29 is 14.3 Å². The molecule has 4 rings (SSSR count). The second-order valence-electron chi connectivity index (χ2n) is 6.83. The number of nitrogens with one attached hydrogen (secondary N) is 2. The van der Waals surface area contributed by atoms with Gasteiger partial charge in [0.15, 0.2) is 0 Å². The summed E-state index contributed by atoms with van der Waals surface area (Å²) in [5.41, 5.74) is 2.51. The maximum absolute atomic E-state index is 12.5. The molecule has 1 saturated heterocycles. The summed E-state index contributed by atoms with van der Waals surface area (Å²) in [6.07, 6.45) is 5.60. The molecule has 1 amide bonds. The van der Waals surface area contributed by atoms with Gasteiger partial charge >= 0.3 is 0 Å². The van der Waals surface area contributed by atoms with Gasteiger partial charge < -0.3 is 14.8 Å². The molecule has 2 aromatic heterocycles. The van der Waals surface area contributed by atoms with Crippen LogP contribution in [0, 0.1) is 5.92 Å². The Hall–Kier alpha value is -3.13. The van der Waals surface area contributed by atoms with Gasteiger partial charge in [-0.05, 0) is 37.0 Å². The van der Waals surface area contributed by atoms with Crippen LogP contribution in [0.2, 0.25) is 0 Å². The van der Waals surface area contributed by atoms with Crippen LogP contribution in [-0.4, -0.2) is 46.2 Å². The highest BCUT2D eigenvalue weighted by molar-refractivity contribution is 6.03. The standard InChI is InChI=1S/C20H23N5O3/c1-27-19-5-3-2-4-16(19)17-10-18(24-23-17)20(26)22-15-11-21-25(13-15)12-14-6-8-28-9-7-14/h2-5,10-11,13-14H,6-9,12H2,1H3,(H,22,26)(H,23,24). The zero-order chi connectivity index (χ0) is 19.3. The van der Waals surface area contributed by atoms with Crippen molar-refractivity contribution in [3.05, 3.63) is 48.4 Å². The number of H-pyrrole nitrogens is 1. The maximum Gasteiger partial charge on any atom is 0.273 e. The quantitative estimate of drug-likeness (QED) is 0.685. The number of carbonyl (C=O) groups excluding carboxylic acids is 1. The van der Waals surface area contributed by atoms with Gasteiger partial charge in [-0.3, -0.25) is 14.6 Å². The van der Waals surface area contributed by atoms with Crippen molar-refractivity contribution in [1.29, 1.82) is 0 Å². The van der Waals surface area contributed by atoms with Gasteiger partial charge in [-0.2, -0.15) is 10.2 Å². The van der Waals surface area contributed by atoms with Gasteiger partial charge in [-0.15, -0.1) is 0 Å². The Morgan fingerprint density at radius 1 is 1.36 bits per heavy atom. The summed E-state index contributed by atoms with van der Waals surface area (Å²) in [7, 11) is 1.61. The molecule has 0 aliphatic carbocycles. The predicted octanol–water partition coefficient (Wildman–Crippen LogP) is 2.96. The number of ether oxygens (including phenoxy) is 2. The molecule has 3 heterocycles. The molecule has 0 unspecified atom stereocenters. The summed E-state index contributed by atoms with van der Waals surface area (Å²) >= 11 is 0. The molecule has 0 bridgehead atoms. The van der Waals surface area contributed by atoms with Crippen LogP contribution in [-0.2, 0) is 11.3 Å². The van der Waals surface area contributed by atoms with E-state index in [1.807, 2.05) is 35.1 Å². The molecule has 146 valence electrons. The SMILES string of the molecule is COc1ccccc1-c1cc(C(=O)Nc2cnn(CC3CCOCC3)c2)[nH]n1. The van der Waals surface area contributed by atoms with Gasteiger partial charge in [0, 0.05) is 31.5 Å². The van der Waals surface area contributed by atoms with Gasteiger partial charge in [-0.1, -0.05) is 12.1 Å². The number of hydrogen-bond acceptors (Lipinski definition) is 5. The number of carbonyl (C=O) groups is 1. The second-order valence-corrected chi connectivity index (χ2v) is 6.83. The van der Waals surface area contributed by atoms with Crippen molar-refractivity contribution in [2.24, 2.45) is 5.92 Å². The molecule has 0 spiro atoms. The first-order valence-corrected chi connectivity index (χ1v) is 9.33. The molecule has 1 fully saturated rings. The van der Waals surface area contributed by atoms with Crippen LogP contribution in [0.15, 0.2) is 42.7 Å². The van der Waals surface area contributed by atoms with E-state index in [9.17, 15) is 4.79 Å². The van der Waals surface area contributed by atoms with Crippen molar-refractivity contribution in [3.63, 3.8) is 0 Å². The minimum absolute atomic E-state index is 0.265.